The van der Waals surface area contributed by atoms with Gasteiger partial charge in [-0.15, -0.1) is 0 Å². The molecule has 4 aromatic rings. The second-order valence-corrected chi connectivity index (χ2v) is 7.90. The van der Waals surface area contributed by atoms with Crippen molar-refractivity contribution in [2.75, 3.05) is 16.8 Å². The summed E-state index contributed by atoms with van der Waals surface area (Å²) in [5.74, 6) is -1.99. The minimum atomic E-state index is -0.882. The highest BCUT2D eigenvalue weighted by molar-refractivity contribution is 6.35. The number of nitriles is 1. The fourth-order valence-electron chi connectivity index (χ4n) is 3.59. The van der Waals surface area contributed by atoms with E-state index in [0.717, 1.165) is 16.7 Å². The molecule has 0 amide bonds. The molecule has 0 aliphatic heterocycles. The van der Waals surface area contributed by atoms with Gasteiger partial charge in [-0.25, -0.2) is 13.8 Å². The molecule has 0 bridgehead atoms. The van der Waals surface area contributed by atoms with E-state index in [1.54, 1.807) is 26.0 Å². The van der Waals surface area contributed by atoms with Gasteiger partial charge in [0, 0.05) is 6.07 Å². The first-order chi connectivity index (χ1) is 16.1. The fraction of sp³-hybridized carbons (Fsp3) is 0.136. The molecule has 2 aromatic carbocycles. The van der Waals surface area contributed by atoms with E-state index in [2.05, 4.69) is 20.3 Å². The van der Waals surface area contributed by atoms with Gasteiger partial charge in [-0.05, 0) is 37.6 Å². The summed E-state index contributed by atoms with van der Waals surface area (Å²) < 4.78 is 29.2. The number of rotatable bonds is 4. The smallest absolute Gasteiger partial charge is 0.267 e. The summed E-state index contributed by atoms with van der Waals surface area (Å²) in [6.07, 6.45) is 0. The molecule has 0 aliphatic carbocycles. The number of nitrogens with zero attached hydrogens (tertiary/aromatic N) is 5. The maximum atomic E-state index is 14.1. The van der Waals surface area contributed by atoms with Crippen LogP contribution in [0.5, 0.6) is 0 Å². The number of aromatic nitrogens is 4. The summed E-state index contributed by atoms with van der Waals surface area (Å²) in [7, 11) is 0. The van der Waals surface area contributed by atoms with Crippen LogP contribution in [0.1, 0.15) is 29.9 Å². The molecular weight excluding hydrogens is 466 g/mol. The SMILES string of the molecule is Cc1ccc(Cl)c2c(=O)n(-c3cc(F)cc(F)c3)c([C@H](C)Nc3nc(N)nc(N)c3C#N)nc12. The predicted molar refractivity (Wildman–Crippen MR) is 125 cm³/mol. The van der Waals surface area contributed by atoms with Crippen molar-refractivity contribution >= 4 is 40.1 Å². The van der Waals surface area contributed by atoms with Crippen molar-refractivity contribution in [1.29, 1.82) is 5.26 Å². The van der Waals surface area contributed by atoms with E-state index >= 15 is 0 Å². The molecular formula is C22H17ClF2N8O. The molecule has 0 saturated heterocycles. The average Bonchev–Trinajstić information content (AvgIpc) is 2.74. The number of nitrogens with two attached hydrogens (primary N) is 2. The average molecular weight is 483 g/mol. The van der Waals surface area contributed by atoms with Crippen molar-refractivity contribution < 1.29 is 8.78 Å². The Balaban J connectivity index is 2.01. The Kier molecular flexibility index (Phi) is 5.76. The van der Waals surface area contributed by atoms with Gasteiger partial charge < -0.3 is 16.8 Å². The second-order valence-electron chi connectivity index (χ2n) is 7.49. The van der Waals surface area contributed by atoms with E-state index in [9.17, 15) is 18.8 Å². The van der Waals surface area contributed by atoms with E-state index in [4.69, 9.17) is 23.1 Å². The molecule has 9 nitrogen and oxygen atoms in total. The lowest BCUT2D eigenvalue weighted by Gasteiger charge is -2.21. The first kappa shape index (κ1) is 22.9. The van der Waals surface area contributed by atoms with Crippen molar-refractivity contribution in [2.45, 2.75) is 19.9 Å². The van der Waals surface area contributed by atoms with Crippen LogP contribution >= 0.6 is 11.6 Å². The molecule has 0 saturated carbocycles. The normalized spacial score (nSPS) is 11.9. The Morgan fingerprint density at radius 2 is 1.82 bits per heavy atom. The highest BCUT2D eigenvalue weighted by Gasteiger charge is 2.23. The number of fused-ring (bicyclic) bond motifs is 1. The Morgan fingerprint density at radius 3 is 2.47 bits per heavy atom. The number of nitrogen functional groups attached to an aromatic ring is 2. The van der Waals surface area contributed by atoms with E-state index in [0.29, 0.717) is 17.1 Å². The molecule has 0 spiro atoms. The molecule has 0 fully saturated rings. The van der Waals surface area contributed by atoms with Gasteiger partial charge in [-0.1, -0.05) is 17.7 Å². The summed E-state index contributed by atoms with van der Waals surface area (Å²) in [6, 6.07) is 7.01. The highest BCUT2D eigenvalue weighted by atomic mass is 35.5. The summed E-state index contributed by atoms with van der Waals surface area (Å²) in [6.45, 7) is 3.37. The van der Waals surface area contributed by atoms with Crippen LogP contribution in [0.2, 0.25) is 5.02 Å². The molecule has 4 rings (SSSR count). The number of benzene rings is 2. The molecule has 12 heteroatoms. The van der Waals surface area contributed by atoms with Gasteiger partial charge in [0.15, 0.2) is 5.82 Å². The largest absolute Gasteiger partial charge is 0.382 e. The van der Waals surface area contributed by atoms with Crippen LogP contribution in [0.4, 0.5) is 26.4 Å². The van der Waals surface area contributed by atoms with Crippen LogP contribution in [0.25, 0.3) is 16.6 Å². The molecule has 0 aliphatic rings. The van der Waals surface area contributed by atoms with Crippen molar-refractivity contribution in [2.24, 2.45) is 0 Å². The van der Waals surface area contributed by atoms with Gasteiger partial charge in [0.2, 0.25) is 5.95 Å². The maximum absolute atomic E-state index is 14.1. The number of hydrogen-bond acceptors (Lipinski definition) is 8. The zero-order valence-corrected chi connectivity index (χ0v) is 18.7. The topological polar surface area (TPSA) is 149 Å². The molecule has 0 radical (unpaired) electrons. The Bertz CT molecular complexity index is 1540. The zero-order valence-electron chi connectivity index (χ0n) is 17.9. The third kappa shape index (κ3) is 3.95. The summed E-state index contributed by atoms with van der Waals surface area (Å²) in [5, 5.41) is 12.6. The van der Waals surface area contributed by atoms with Crippen LogP contribution in [-0.4, -0.2) is 19.5 Å². The third-order valence-corrected chi connectivity index (χ3v) is 5.43. The third-order valence-electron chi connectivity index (χ3n) is 5.11. The minimum absolute atomic E-state index is 0.00846. The van der Waals surface area contributed by atoms with Crippen molar-refractivity contribution in [3.63, 3.8) is 0 Å². The summed E-state index contributed by atoms with van der Waals surface area (Å²) in [5.41, 5.74) is 11.6. The zero-order chi connectivity index (χ0) is 24.7. The van der Waals surface area contributed by atoms with Crippen LogP contribution in [0.3, 0.4) is 0 Å². The number of hydrogen-bond donors (Lipinski definition) is 3. The molecule has 5 N–H and O–H groups in total. The maximum Gasteiger partial charge on any atom is 0.267 e. The van der Waals surface area contributed by atoms with Crippen LogP contribution in [-0.2, 0) is 0 Å². The van der Waals surface area contributed by atoms with Crippen LogP contribution in [0.15, 0.2) is 35.1 Å². The Morgan fingerprint density at radius 1 is 1.15 bits per heavy atom. The van der Waals surface area contributed by atoms with Crippen molar-refractivity contribution in [1.82, 2.24) is 19.5 Å². The van der Waals surface area contributed by atoms with Gasteiger partial charge in [0.25, 0.3) is 5.56 Å². The van der Waals surface area contributed by atoms with E-state index in [-0.39, 0.29) is 45.1 Å². The van der Waals surface area contributed by atoms with Gasteiger partial charge >= 0.3 is 0 Å². The summed E-state index contributed by atoms with van der Waals surface area (Å²) in [4.78, 5) is 26.0. The van der Waals surface area contributed by atoms with Gasteiger partial charge in [-0.2, -0.15) is 15.2 Å². The van der Waals surface area contributed by atoms with Gasteiger partial charge in [0.1, 0.15) is 34.9 Å². The molecule has 34 heavy (non-hydrogen) atoms. The molecule has 2 aromatic heterocycles. The lowest BCUT2D eigenvalue weighted by atomic mass is 10.1. The quantitative estimate of drug-likeness (QED) is 0.399. The van der Waals surface area contributed by atoms with E-state index in [1.807, 2.05) is 6.07 Å². The minimum Gasteiger partial charge on any atom is -0.382 e. The second kappa shape index (κ2) is 8.57. The van der Waals surface area contributed by atoms with Crippen molar-refractivity contribution in [3.05, 3.63) is 74.3 Å². The standard InChI is InChI=1S/C22H17ClF2N8O/c1-9-3-4-15(23)16-17(9)30-20(33(21(16)34)13-6-11(24)5-12(25)7-13)10(2)29-19-14(8-26)18(27)31-22(28)32-19/h3-7,10H,1-2H3,(H5,27,28,29,31,32)/t10-/m0/s1. The molecule has 2 heterocycles. The highest BCUT2D eigenvalue weighted by Crippen LogP contribution is 2.28. The lowest BCUT2D eigenvalue weighted by molar-refractivity contribution is 0.579. The molecule has 0 unspecified atom stereocenters. The Hall–Kier alpha value is -4.30. The van der Waals surface area contributed by atoms with Crippen LogP contribution < -0.4 is 22.3 Å². The Labute approximate surface area is 196 Å². The monoisotopic (exact) mass is 482 g/mol. The number of aryl methyl sites for hydroxylation is 1. The van der Waals surface area contributed by atoms with Gasteiger partial charge in [-0.3, -0.25) is 9.36 Å². The predicted octanol–water partition coefficient (Wildman–Crippen LogP) is 3.62. The first-order valence-electron chi connectivity index (χ1n) is 9.88. The van der Waals surface area contributed by atoms with Gasteiger partial charge in [0.05, 0.1) is 27.7 Å². The molecule has 1 atom stereocenters. The first-order valence-corrected chi connectivity index (χ1v) is 10.3. The lowest BCUT2D eigenvalue weighted by Crippen LogP contribution is -2.28. The fourth-order valence-corrected chi connectivity index (χ4v) is 3.82. The number of nitrogens with one attached hydrogen (secondary N) is 1. The summed E-state index contributed by atoms with van der Waals surface area (Å²) >= 11 is 6.29. The van der Waals surface area contributed by atoms with E-state index in [1.165, 1.54) is 0 Å². The van der Waals surface area contributed by atoms with Crippen molar-refractivity contribution in [3.8, 4) is 11.8 Å². The number of halogens is 3. The molecule has 172 valence electrons. The number of anilines is 3. The van der Waals surface area contributed by atoms with E-state index < -0.39 is 23.2 Å². The van der Waals surface area contributed by atoms with Crippen LogP contribution in [0, 0.1) is 29.9 Å².